The highest BCUT2D eigenvalue weighted by molar-refractivity contribution is 5.93. The number of fused-ring (bicyclic) bond motifs is 1. The number of hydrogen-bond donors (Lipinski definition) is 2. The summed E-state index contributed by atoms with van der Waals surface area (Å²) in [6, 6.07) is 0.147. The molecule has 2 N–H and O–H groups in total. The molecule has 0 saturated heterocycles. The zero-order valence-electron chi connectivity index (χ0n) is 14.6. The van der Waals surface area contributed by atoms with Crippen LogP contribution in [0.2, 0.25) is 0 Å². The minimum Gasteiger partial charge on any atom is -0.354 e. The lowest BCUT2D eigenvalue weighted by Gasteiger charge is -2.24. The van der Waals surface area contributed by atoms with Crippen molar-refractivity contribution in [3.8, 4) is 0 Å². The minimum absolute atomic E-state index is 0.0454. The van der Waals surface area contributed by atoms with Crippen LogP contribution in [0.1, 0.15) is 56.7 Å². The van der Waals surface area contributed by atoms with E-state index in [1.165, 1.54) is 0 Å². The molecule has 0 saturated carbocycles. The van der Waals surface area contributed by atoms with Crippen LogP contribution < -0.4 is 10.6 Å². The molecule has 0 radical (unpaired) electrons. The van der Waals surface area contributed by atoms with Crippen LogP contribution in [0.25, 0.3) is 0 Å². The van der Waals surface area contributed by atoms with E-state index in [4.69, 9.17) is 0 Å². The summed E-state index contributed by atoms with van der Waals surface area (Å²) in [5.74, 6) is 0.495. The van der Waals surface area contributed by atoms with E-state index in [0.717, 1.165) is 18.5 Å². The van der Waals surface area contributed by atoms with Gasteiger partial charge in [-0.05, 0) is 39.0 Å². The average molecular weight is 320 g/mol. The first-order chi connectivity index (χ1) is 10.9. The third-order valence-corrected chi connectivity index (χ3v) is 4.12. The Morgan fingerprint density at radius 2 is 2.09 bits per heavy atom. The average Bonchev–Trinajstić information content (AvgIpc) is 2.88. The molecule has 2 rings (SSSR count). The van der Waals surface area contributed by atoms with E-state index in [-0.39, 0.29) is 23.8 Å². The maximum absolute atomic E-state index is 12.3. The molecule has 6 nitrogen and oxygen atoms in total. The number of nitrogens with one attached hydrogen (secondary N) is 2. The second-order valence-electron chi connectivity index (χ2n) is 7.03. The molecule has 2 heterocycles. The zero-order chi connectivity index (χ0) is 17.0. The van der Waals surface area contributed by atoms with Crippen molar-refractivity contribution in [2.45, 2.75) is 59.5 Å². The van der Waals surface area contributed by atoms with Gasteiger partial charge in [0, 0.05) is 19.1 Å². The Balaban J connectivity index is 1.98. The Morgan fingerprint density at radius 3 is 2.74 bits per heavy atom. The lowest BCUT2D eigenvalue weighted by atomic mass is 9.96. The molecule has 0 spiro atoms. The standard InChI is InChI=1S/C17H28N4O2/c1-11(2)7-8-18-17(23)15-14-6-5-13(9-21(14)10-19-15)16(22)20-12(3)4/h10-13H,5-9H2,1-4H3,(H,18,23)(H,20,22). The van der Waals surface area contributed by atoms with Gasteiger partial charge in [-0.1, -0.05) is 13.8 Å². The van der Waals surface area contributed by atoms with Gasteiger partial charge in [0.15, 0.2) is 0 Å². The molecule has 0 aliphatic carbocycles. The van der Waals surface area contributed by atoms with Crippen molar-refractivity contribution in [1.29, 1.82) is 0 Å². The van der Waals surface area contributed by atoms with Crippen molar-refractivity contribution in [3.05, 3.63) is 17.7 Å². The van der Waals surface area contributed by atoms with Crippen LogP contribution in [0, 0.1) is 11.8 Å². The fraction of sp³-hybridized carbons (Fsp3) is 0.706. The molecule has 1 aromatic heterocycles. The van der Waals surface area contributed by atoms with Gasteiger partial charge in [0.25, 0.3) is 5.91 Å². The Kier molecular flexibility index (Phi) is 5.80. The molecule has 1 aliphatic rings. The SMILES string of the molecule is CC(C)CCNC(=O)c1ncn2c1CCC(C(=O)NC(C)C)C2. The summed E-state index contributed by atoms with van der Waals surface area (Å²) in [6.45, 7) is 9.45. The smallest absolute Gasteiger partial charge is 0.271 e. The third kappa shape index (κ3) is 4.56. The molecular formula is C17H28N4O2. The molecular weight excluding hydrogens is 292 g/mol. The van der Waals surface area contributed by atoms with E-state index in [1.807, 2.05) is 18.4 Å². The fourth-order valence-electron chi connectivity index (χ4n) is 2.83. The fourth-order valence-corrected chi connectivity index (χ4v) is 2.83. The van der Waals surface area contributed by atoms with Crippen LogP contribution in [0.4, 0.5) is 0 Å². The summed E-state index contributed by atoms with van der Waals surface area (Å²) >= 11 is 0. The maximum Gasteiger partial charge on any atom is 0.271 e. The zero-order valence-corrected chi connectivity index (χ0v) is 14.6. The number of hydrogen-bond acceptors (Lipinski definition) is 3. The van der Waals surface area contributed by atoms with Gasteiger partial charge >= 0.3 is 0 Å². The molecule has 0 fully saturated rings. The van der Waals surface area contributed by atoms with Gasteiger partial charge < -0.3 is 15.2 Å². The number of rotatable bonds is 6. The normalized spacial score (nSPS) is 17.2. The van der Waals surface area contributed by atoms with E-state index in [1.54, 1.807) is 6.33 Å². The molecule has 1 aromatic rings. The summed E-state index contributed by atoms with van der Waals surface area (Å²) in [6.07, 6.45) is 4.11. The lowest BCUT2D eigenvalue weighted by Crippen LogP contribution is -2.39. The molecule has 6 heteroatoms. The highest BCUT2D eigenvalue weighted by Crippen LogP contribution is 2.22. The molecule has 23 heavy (non-hydrogen) atoms. The number of carbonyl (C=O) groups is 2. The lowest BCUT2D eigenvalue weighted by molar-refractivity contribution is -0.126. The predicted octanol–water partition coefficient (Wildman–Crippen LogP) is 1.75. The number of amides is 2. The van der Waals surface area contributed by atoms with Crippen LogP contribution in [0.3, 0.4) is 0 Å². The first-order valence-electron chi connectivity index (χ1n) is 8.51. The van der Waals surface area contributed by atoms with Crippen LogP contribution in [-0.2, 0) is 17.8 Å². The molecule has 1 unspecified atom stereocenters. The topological polar surface area (TPSA) is 76.0 Å². The quantitative estimate of drug-likeness (QED) is 0.838. The van der Waals surface area contributed by atoms with Gasteiger partial charge in [-0.2, -0.15) is 0 Å². The van der Waals surface area contributed by atoms with E-state index in [9.17, 15) is 9.59 Å². The van der Waals surface area contributed by atoms with Gasteiger partial charge in [-0.25, -0.2) is 4.98 Å². The number of imidazole rings is 1. The molecule has 128 valence electrons. The van der Waals surface area contributed by atoms with Crippen LogP contribution in [-0.4, -0.2) is 34.0 Å². The summed E-state index contributed by atoms with van der Waals surface area (Å²) in [7, 11) is 0. The van der Waals surface area contributed by atoms with Crippen molar-refractivity contribution >= 4 is 11.8 Å². The monoisotopic (exact) mass is 320 g/mol. The minimum atomic E-state index is -0.107. The van der Waals surface area contributed by atoms with Gasteiger partial charge in [0.1, 0.15) is 5.69 Å². The van der Waals surface area contributed by atoms with E-state index in [2.05, 4.69) is 29.5 Å². The van der Waals surface area contributed by atoms with Crippen molar-refractivity contribution in [2.24, 2.45) is 11.8 Å². The maximum atomic E-state index is 12.3. The highest BCUT2D eigenvalue weighted by Gasteiger charge is 2.28. The molecule has 0 aromatic carbocycles. The molecule has 1 atom stereocenters. The highest BCUT2D eigenvalue weighted by atomic mass is 16.2. The van der Waals surface area contributed by atoms with E-state index < -0.39 is 0 Å². The predicted molar refractivity (Wildman–Crippen MR) is 89.1 cm³/mol. The number of carbonyl (C=O) groups excluding carboxylic acids is 2. The van der Waals surface area contributed by atoms with Crippen LogP contribution in [0.15, 0.2) is 6.33 Å². The summed E-state index contributed by atoms with van der Waals surface area (Å²) in [4.78, 5) is 28.7. The van der Waals surface area contributed by atoms with E-state index >= 15 is 0 Å². The summed E-state index contributed by atoms with van der Waals surface area (Å²) < 4.78 is 1.95. The van der Waals surface area contributed by atoms with Crippen LogP contribution >= 0.6 is 0 Å². The molecule has 2 amide bonds. The number of nitrogens with zero attached hydrogens (tertiary/aromatic N) is 2. The van der Waals surface area contributed by atoms with Gasteiger partial charge in [0.05, 0.1) is 17.9 Å². The summed E-state index contributed by atoms with van der Waals surface area (Å²) in [5.41, 5.74) is 1.46. The van der Waals surface area contributed by atoms with Gasteiger partial charge in [0.2, 0.25) is 5.91 Å². The Morgan fingerprint density at radius 1 is 1.35 bits per heavy atom. The van der Waals surface area contributed by atoms with E-state index in [0.29, 0.717) is 31.1 Å². The Hall–Kier alpha value is -1.85. The second-order valence-corrected chi connectivity index (χ2v) is 7.03. The number of aromatic nitrogens is 2. The van der Waals surface area contributed by atoms with Gasteiger partial charge in [-0.15, -0.1) is 0 Å². The first-order valence-corrected chi connectivity index (χ1v) is 8.51. The first kappa shape index (κ1) is 17.5. The second kappa shape index (κ2) is 7.62. The van der Waals surface area contributed by atoms with Crippen LogP contribution in [0.5, 0.6) is 0 Å². The molecule has 0 bridgehead atoms. The largest absolute Gasteiger partial charge is 0.354 e. The Labute approximate surface area is 138 Å². The Bertz CT molecular complexity index is 563. The van der Waals surface area contributed by atoms with Gasteiger partial charge in [-0.3, -0.25) is 9.59 Å². The van der Waals surface area contributed by atoms with Crippen molar-refractivity contribution in [3.63, 3.8) is 0 Å². The summed E-state index contributed by atoms with van der Waals surface area (Å²) in [5, 5.41) is 5.89. The van der Waals surface area contributed by atoms with Crippen molar-refractivity contribution < 1.29 is 9.59 Å². The molecule has 1 aliphatic heterocycles. The third-order valence-electron chi connectivity index (χ3n) is 4.12. The van der Waals surface area contributed by atoms with Crippen molar-refractivity contribution in [2.75, 3.05) is 6.54 Å². The van der Waals surface area contributed by atoms with Crippen molar-refractivity contribution in [1.82, 2.24) is 20.2 Å².